The van der Waals surface area contributed by atoms with Crippen molar-refractivity contribution in [2.75, 3.05) is 14.2 Å². The van der Waals surface area contributed by atoms with Crippen molar-refractivity contribution in [3.8, 4) is 11.5 Å². The van der Waals surface area contributed by atoms with Crippen LogP contribution in [0.2, 0.25) is 0 Å². The number of aryl methyl sites for hydroxylation is 1. The third kappa shape index (κ3) is 3.51. The Morgan fingerprint density at radius 3 is 2.39 bits per heavy atom. The van der Waals surface area contributed by atoms with E-state index in [2.05, 4.69) is 4.99 Å². The first-order valence-corrected chi connectivity index (χ1v) is 7.07. The molecule has 1 N–H and O–H groups in total. The highest BCUT2D eigenvalue weighted by molar-refractivity contribution is 5.92. The molecule has 0 spiro atoms. The molecule has 0 heterocycles. The number of benzene rings is 2. The Kier molecular flexibility index (Phi) is 5.01. The van der Waals surface area contributed by atoms with Crippen LogP contribution in [0.5, 0.6) is 11.5 Å². The second kappa shape index (κ2) is 6.96. The zero-order valence-corrected chi connectivity index (χ0v) is 13.6. The number of hydrogen-bond acceptors (Lipinski definition) is 4. The number of carboxylic acid groups (broad SMARTS) is 1. The van der Waals surface area contributed by atoms with Crippen molar-refractivity contribution in [1.29, 1.82) is 0 Å². The van der Waals surface area contributed by atoms with Gasteiger partial charge in [-0.25, -0.2) is 4.79 Å². The SMILES string of the molecule is COc1cc(C)c(C=Nc2cccc(C(=O)O)c2C)cc1OC. The van der Waals surface area contributed by atoms with Crippen LogP contribution in [0.3, 0.4) is 0 Å². The molecular formula is C18H19NO4. The summed E-state index contributed by atoms with van der Waals surface area (Å²) in [5.74, 6) is 0.323. The van der Waals surface area contributed by atoms with Crippen molar-refractivity contribution in [3.63, 3.8) is 0 Å². The van der Waals surface area contributed by atoms with E-state index in [9.17, 15) is 4.79 Å². The van der Waals surface area contributed by atoms with Gasteiger partial charge < -0.3 is 14.6 Å². The maximum Gasteiger partial charge on any atom is 0.336 e. The summed E-state index contributed by atoms with van der Waals surface area (Å²) in [5.41, 5.74) is 3.37. The first kappa shape index (κ1) is 16.5. The summed E-state index contributed by atoms with van der Waals surface area (Å²) in [4.78, 5) is 15.6. The van der Waals surface area contributed by atoms with E-state index < -0.39 is 5.97 Å². The van der Waals surface area contributed by atoms with Gasteiger partial charge >= 0.3 is 5.97 Å². The lowest BCUT2D eigenvalue weighted by atomic mass is 10.1. The van der Waals surface area contributed by atoms with E-state index >= 15 is 0 Å². The Balaban J connectivity index is 2.41. The lowest BCUT2D eigenvalue weighted by molar-refractivity contribution is 0.0696. The van der Waals surface area contributed by atoms with E-state index in [0.717, 1.165) is 11.1 Å². The Morgan fingerprint density at radius 1 is 1.13 bits per heavy atom. The molecule has 2 aromatic carbocycles. The molecule has 5 heteroatoms. The quantitative estimate of drug-likeness (QED) is 0.853. The summed E-state index contributed by atoms with van der Waals surface area (Å²) in [6.45, 7) is 3.70. The fourth-order valence-electron chi connectivity index (χ4n) is 2.27. The van der Waals surface area contributed by atoms with E-state index in [-0.39, 0.29) is 5.56 Å². The van der Waals surface area contributed by atoms with Gasteiger partial charge in [-0.05, 0) is 54.8 Å². The van der Waals surface area contributed by atoms with E-state index in [1.807, 2.05) is 19.1 Å². The summed E-state index contributed by atoms with van der Waals surface area (Å²) >= 11 is 0. The van der Waals surface area contributed by atoms with Gasteiger partial charge in [-0.2, -0.15) is 0 Å². The number of rotatable bonds is 5. The summed E-state index contributed by atoms with van der Waals surface area (Å²) in [5, 5.41) is 9.16. The smallest absolute Gasteiger partial charge is 0.336 e. The van der Waals surface area contributed by atoms with Crippen LogP contribution in [0, 0.1) is 13.8 Å². The normalized spacial score (nSPS) is 10.8. The molecule has 0 atom stereocenters. The largest absolute Gasteiger partial charge is 0.493 e. The van der Waals surface area contributed by atoms with Gasteiger partial charge in [0.25, 0.3) is 0 Å². The van der Waals surface area contributed by atoms with Crippen LogP contribution in [0.25, 0.3) is 0 Å². The number of aliphatic imine (C=N–C) groups is 1. The molecule has 0 fully saturated rings. The van der Waals surface area contributed by atoms with Gasteiger partial charge in [0, 0.05) is 6.21 Å². The molecule has 5 nitrogen and oxygen atoms in total. The minimum absolute atomic E-state index is 0.253. The summed E-state index contributed by atoms with van der Waals surface area (Å²) in [6, 6.07) is 8.76. The summed E-state index contributed by atoms with van der Waals surface area (Å²) in [7, 11) is 3.17. The Labute approximate surface area is 135 Å². The van der Waals surface area contributed by atoms with Crippen LogP contribution in [0.15, 0.2) is 35.3 Å². The van der Waals surface area contributed by atoms with Crippen molar-refractivity contribution in [2.24, 2.45) is 4.99 Å². The van der Waals surface area contributed by atoms with Crippen molar-refractivity contribution in [3.05, 3.63) is 52.6 Å². The molecule has 0 aromatic heterocycles. The predicted molar refractivity (Wildman–Crippen MR) is 89.7 cm³/mol. The minimum Gasteiger partial charge on any atom is -0.493 e. The molecule has 0 saturated carbocycles. The lowest BCUT2D eigenvalue weighted by Gasteiger charge is -2.10. The molecule has 0 aliphatic heterocycles. The van der Waals surface area contributed by atoms with E-state index in [1.54, 1.807) is 45.6 Å². The molecule has 0 aliphatic carbocycles. The third-order valence-electron chi connectivity index (χ3n) is 3.65. The topological polar surface area (TPSA) is 68.1 Å². The monoisotopic (exact) mass is 313 g/mol. The van der Waals surface area contributed by atoms with Crippen LogP contribution in [-0.4, -0.2) is 31.5 Å². The van der Waals surface area contributed by atoms with Gasteiger partial charge in [0.1, 0.15) is 0 Å². The minimum atomic E-state index is -0.957. The van der Waals surface area contributed by atoms with Crippen LogP contribution in [0.1, 0.15) is 27.0 Å². The third-order valence-corrected chi connectivity index (χ3v) is 3.65. The molecule has 23 heavy (non-hydrogen) atoms. The Morgan fingerprint density at radius 2 is 1.78 bits per heavy atom. The number of carboxylic acids is 1. The highest BCUT2D eigenvalue weighted by Gasteiger charge is 2.10. The van der Waals surface area contributed by atoms with Gasteiger partial charge in [-0.1, -0.05) is 6.07 Å². The highest BCUT2D eigenvalue weighted by atomic mass is 16.5. The molecule has 120 valence electrons. The van der Waals surface area contributed by atoms with E-state index in [4.69, 9.17) is 14.6 Å². The zero-order chi connectivity index (χ0) is 17.0. The van der Waals surface area contributed by atoms with Crippen molar-refractivity contribution >= 4 is 17.9 Å². The molecule has 0 bridgehead atoms. The molecular weight excluding hydrogens is 294 g/mol. The number of ether oxygens (including phenoxy) is 2. The number of methoxy groups -OCH3 is 2. The summed E-state index contributed by atoms with van der Waals surface area (Å²) < 4.78 is 10.6. The average Bonchev–Trinajstić information content (AvgIpc) is 2.54. The maximum atomic E-state index is 11.2. The molecule has 0 radical (unpaired) electrons. The van der Waals surface area contributed by atoms with E-state index in [1.165, 1.54) is 0 Å². The zero-order valence-electron chi connectivity index (χ0n) is 13.6. The van der Waals surface area contributed by atoms with Gasteiger partial charge in [-0.3, -0.25) is 4.99 Å². The second-order valence-corrected chi connectivity index (χ2v) is 5.08. The Bertz CT molecular complexity index is 766. The number of aromatic carboxylic acids is 1. The van der Waals surface area contributed by atoms with Crippen molar-refractivity contribution in [2.45, 2.75) is 13.8 Å². The lowest BCUT2D eigenvalue weighted by Crippen LogP contribution is -1.99. The summed E-state index contributed by atoms with van der Waals surface area (Å²) in [6.07, 6.45) is 1.70. The first-order chi connectivity index (χ1) is 11.0. The molecule has 0 amide bonds. The molecule has 0 aliphatic rings. The molecule has 2 rings (SSSR count). The van der Waals surface area contributed by atoms with Gasteiger partial charge in [0.15, 0.2) is 11.5 Å². The second-order valence-electron chi connectivity index (χ2n) is 5.08. The highest BCUT2D eigenvalue weighted by Crippen LogP contribution is 2.30. The Hall–Kier alpha value is -2.82. The number of hydrogen-bond donors (Lipinski definition) is 1. The van der Waals surface area contributed by atoms with E-state index in [0.29, 0.717) is 22.7 Å². The van der Waals surface area contributed by atoms with Gasteiger partial charge in [0.2, 0.25) is 0 Å². The number of carbonyl (C=O) groups is 1. The van der Waals surface area contributed by atoms with Crippen LogP contribution in [-0.2, 0) is 0 Å². The van der Waals surface area contributed by atoms with Crippen molar-refractivity contribution in [1.82, 2.24) is 0 Å². The fraction of sp³-hybridized carbons (Fsp3) is 0.222. The van der Waals surface area contributed by atoms with Gasteiger partial charge in [0.05, 0.1) is 25.5 Å². The van der Waals surface area contributed by atoms with Crippen LogP contribution in [0.4, 0.5) is 5.69 Å². The predicted octanol–water partition coefficient (Wildman–Crippen LogP) is 3.77. The number of nitrogens with zero attached hydrogens (tertiary/aromatic N) is 1. The van der Waals surface area contributed by atoms with Crippen LogP contribution >= 0.6 is 0 Å². The van der Waals surface area contributed by atoms with Gasteiger partial charge in [-0.15, -0.1) is 0 Å². The maximum absolute atomic E-state index is 11.2. The molecule has 2 aromatic rings. The first-order valence-electron chi connectivity index (χ1n) is 7.07. The van der Waals surface area contributed by atoms with Crippen LogP contribution < -0.4 is 9.47 Å². The average molecular weight is 313 g/mol. The molecule has 0 saturated heterocycles. The molecule has 0 unspecified atom stereocenters. The fourth-order valence-corrected chi connectivity index (χ4v) is 2.27. The standard InChI is InChI=1S/C18H19NO4/c1-11-8-16(22-3)17(23-4)9-13(11)10-19-15-7-5-6-14(12(15)2)18(20)21/h5-10H,1-4H3,(H,20,21). The van der Waals surface area contributed by atoms with Crippen molar-refractivity contribution < 1.29 is 19.4 Å².